The lowest BCUT2D eigenvalue weighted by atomic mass is 10.2. The third-order valence-corrected chi connectivity index (χ3v) is 3.22. The van der Waals surface area contributed by atoms with Gasteiger partial charge in [-0.3, -0.25) is 10.9 Å². The molecule has 0 N–H and O–H groups in total. The average Bonchev–Trinajstić information content (AvgIpc) is 1.96. The Hall–Kier alpha value is 0.150. The van der Waals surface area contributed by atoms with Crippen LogP contribution in [0.15, 0.2) is 18.2 Å². The molecule has 3 heteroatoms. The van der Waals surface area contributed by atoms with Crippen molar-refractivity contribution in [2.45, 2.75) is 5.75 Å². The lowest BCUT2D eigenvalue weighted by molar-refractivity contribution is 1.41. The van der Waals surface area contributed by atoms with Crippen LogP contribution < -0.4 is 0 Å². The summed E-state index contributed by atoms with van der Waals surface area (Å²) in [6, 6.07) is 5.85. The molecule has 0 saturated carbocycles. The van der Waals surface area contributed by atoms with Crippen molar-refractivity contribution in [3.05, 3.63) is 33.8 Å². The van der Waals surface area contributed by atoms with Crippen LogP contribution in [0.3, 0.4) is 0 Å². The second kappa shape index (κ2) is 4.40. The molecule has 0 spiro atoms. The molecule has 0 nitrogen and oxygen atoms in total. The number of rotatable bonds is 2. The number of benzene rings is 1. The zero-order valence-corrected chi connectivity index (χ0v) is 9.55. The molecule has 0 heterocycles. The molecule has 1 rings (SSSR count). The molecule has 0 atom stereocenters. The molecule has 0 bridgehead atoms. The Morgan fingerprint density at radius 3 is 2.33 bits per heavy atom. The van der Waals surface area contributed by atoms with E-state index in [9.17, 15) is 0 Å². The molecule has 0 aliphatic carbocycles. The summed E-state index contributed by atoms with van der Waals surface area (Å²) >= 11 is 11.7. The largest absolute Gasteiger partial charge is 0.255 e. The van der Waals surface area contributed by atoms with E-state index < -0.39 is 0 Å². The predicted molar refractivity (Wildman–Crippen MR) is 61.0 cm³/mol. The van der Waals surface area contributed by atoms with E-state index in [1.165, 1.54) is 5.56 Å². The predicted octanol–water partition coefficient (Wildman–Crippen LogP) is 3.75. The fraction of sp³-hybridized carbons (Fsp3) is 0.333. The van der Waals surface area contributed by atoms with Crippen molar-refractivity contribution in [2.24, 2.45) is 0 Å². The summed E-state index contributed by atoms with van der Waals surface area (Å²) < 4.78 is 0. The van der Waals surface area contributed by atoms with Crippen LogP contribution >= 0.6 is 34.1 Å². The van der Waals surface area contributed by atoms with Gasteiger partial charge in [-0.15, -0.1) is 0 Å². The molecule has 0 unspecified atom stereocenters. The molecule has 1 aromatic carbocycles. The Bertz CT molecular complexity index is 271. The van der Waals surface area contributed by atoms with Gasteiger partial charge in [0.1, 0.15) is 0 Å². The van der Waals surface area contributed by atoms with Crippen LogP contribution in [0.1, 0.15) is 5.56 Å². The van der Waals surface area contributed by atoms with Crippen molar-refractivity contribution in [3.63, 3.8) is 0 Å². The quantitative estimate of drug-likeness (QED) is 0.725. The SMILES string of the molecule is C[SH](C)Cc1ccc(Cl)c(Cl)c1. The standard InChI is InChI=1S/C9H12Cl2S/c1-12(2)6-7-3-4-8(10)9(11)5-7/h3-5,12H,6H2,1-2H3. The lowest BCUT2D eigenvalue weighted by Crippen LogP contribution is -1.84. The van der Waals surface area contributed by atoms with Crippen LogP contribution in [0.2, 0.25) is 10.0 Å². The number of halogens is 2. The first kappa shape index (κ1) is 10.2. The van der Waals surface area contributed by atoms with Gasteiger partial charge in [0.05, 0.1) is 10.0 Å². The fourth-order valence-corrected chi connectivity index (χ4v) is 2.25. The van der Waals surface area contributed by atoms with Gasteiger partial charge < -0.3 is 0 Å². The van der Waals surface area contributed by atoms with Crippen molar-refractivity contribution in [3.8, 4) is 0 Å². The first-order chi connectivity index (χ1) is 5.59. The van der Waals surface area contributed by atoms with Gasteiger partial charge in [-0.25, -0.2) is 0 Å². The Labute approximate surface area is 86.2 Å². The van der Waals surface area contributed by atoms with Crippen molar-refractivity contribution in [1.29, 1.82) is 0 Å². The van der Waals surface area contributed by atoms with Crippen molar-refractivity contribution < 1.29 is 0 Å². The lowest BCUT2D eigenvalue weighted by Gasteiger charge is -2.09. The fourth-order valence-electron chi connectivity index (χ4n) is 1.00. The van der Waals surface area contributed by atoms with E-state index >= 15 is 0 Å². The van der Waals surface area contributed by atoms with Crippen LogP contribution in [0.4, 0.5) is 0 Å². The molecule has 0 fully saturated rings. The van der Waals surface area contributed by atoms with Gasteiger partial charge >= 0.3 is 0 Å². The normalized spacial score (nSPS) is 11.5. The molecule has 0 saturated heterocycles. The maximum atomic E-state index is 5.87. The highest BCUT2D eigenvalue weighted by molar-refractivity contribution is 8.15. The van der Waals surface area contributed by atoms with E-state index in [0.717, 1.165) is 5.75 Å². The average molecular weight is 223 g/mol. The first-order valence-electron chi connectivity index (χ1n) is 3.68. The van der Waals surface area contributed by atoms with Crippen LogP contribution in [-0.4, -0.2) is 12.5 Å². The van der Waals surface area contributed by atoms with Gasteiger partial charge in [-0.1, -0.05) is 29.3 Å². The third-order valence-electron chi connectivity index (χ3n) is 1.48. The summed E-state index contributed by atoms with van der Waals surface area (Å²) in [6.45, 7) is 0. The van der Waals surface area contributed by atoms with E-state index in [2.05, 4.69) is 12.5 Å². The van der Waals surface area contributed by atoms with Gasteiger partial charge in [-0.2, -0.15) is 0 Å². The smallest absolute Gasteiger partial charge is 0.0595 e. The summed E-state index contributed by atoms with van der Waals surface area (Å²) in [4.78, 5) is 0. The Kier molecular flexibility index (Phi) is 3.76. The first-order valence-corrected chi connectivity index (χ1v) is 6.86. The van der Waals surface area contributed by atoms with Gasteiger partial charge in [0.15, 0.2) is 0 Å². The van der Waals surface area contributed by atoms with E-state index in [0.29, 0.717) is 10.0 Å². The highest BCUT2D eigenvalue weighted by Gasteiger charge is 1.99. The van der Waals surface area contributed by atoms with Gasteiger partial charge in [-0.05, 0) is 36.0 Å². The highest BCUT2D eigenvalue weighted by atomic mass is 35.5. The van der Waals surface area contributed by atoms with Crippen molar-refractivity contribution in [1.82, 2.24) is 0 Å². The van der Waals surface area contributed by atoms with E-state index in [1.807, 2.05) is 18.2 Å². The molecule has 0 amide bonds. The summed E-state index contributed by atoms with van der Waals surface area (Å²) in [5.41, 5.74) is 1.28. The second-order valence-electron chi connectivity index (χ2n) is 2.99. The van der Waals surface area contributed by atoms with Gasteiger partial charge in [0, 0.05) is 0 Å². The Morgan fingerprint density at radius 1 is 1.17 bits per heavy atom. The molecular formula is C9H12Cl2S. The number of hydrogen-bond donors (Lipinski definition) is 1. The Balaban J connectivity index is 2.82. The third kappa shape index (κ3) is 2.89. The Morgan fingerprint density at radius 2 is 1.83 bits per heavy atom. The van der Waals surface area contributed by atoms with Crippen molar-refractivity contribution >= 4 is 34.1 Å². The topological polar surface area (TPSA) is 0 Å². The zero-order valence-electron chi connectivity index (χ0n) is 7.14. The zero-order chi connectivity index (χ0) is 9.14. The van der Waals surface area contributed by atoms with Gasteiger partial charge in [0.25, 0.3) is 0 Å². The minimum absolute atomic E-state index is 0.0995. The van der Waals surface area contributed by atoms with Crippen LogP contribution in [0.25, 0.3) is 0 Å². The minimum Gasteiger partial charge on any atom is -0.255 e. The van der Waals surface area contributed by atoms with Crippen LogP contribution in [0.5, 0.6) is 0 Å². The minimum atomic E-state index is 0.0995. The maximum absolute atomic E-state index is 5.87. The van der Waals surface area contributed by atoms with E-state index in [4.69, 9.17) is 23.2 Å². The number of hydrogen-bond acceptors (Lipinski definition) is 0. The summed E-state index contributed by atoms with van der Waals surface area (Å²) in [5.74, 6) is 1.12. The molecular weight excluding hydrogens is 211 g/mol. The van der Waals surface area contributed by atoms with E-state index in [1.54, 1.807) is 0 Å². The van der Waals surface area contributed by atoms with E-state index in [-0.39, 0.29) is 10.9 Å². The molecule has 68 valence electrons. The molecule has 0 aliphatic heterocycles. The second-order valence-corrected chi connectivity index (χ2v) is 6.28. The molecule has 0 aliphatic rings. The van der Waals surface area contributed by atoms with Gasteiger partial charge in [0.2, 0.25) is 0 Å². The highest BCUT2D eigenvalue weighted by Crippen LogP contribution is 2.27. The van der Waals surface area contributed by atoms with Crippen molar-refractivity contribution in [2.75, 3.05) is 12.5 Å². The summed E-state index contributed by atoms with van der Waals surface area (Å²) in [7, 11) is 0.0995. The molecule has 12 heavy (non-hydrogen) atoms. The summed E-state index contributed by atoms with van der Waals surface area (Å²) in [6.07, 6.45) is 4.50. The number of thiol groups is 1. The van der Waals surface area contributed by atoms with Crippen LogP contribution in [-0.2, 0) is 5.75 Å². The maximum Gasteiger partial charge on any atom is 0.0595 e. The molecule has 0 radical (unpaired) electrons. The molecule has 0 aromatic heterocycles. The summed E-state index contributed by atoms with van der Waals surface area (Å²) in [5, 5.41) is 1.29. The molecule has 1 aromatic rings. The monoisotopic (exact) mass is 222 g/mol. The van der Waals surface area contributed by atoms with Crippen LogP contribution in [0, 0.1) is 0 Å².